The molecule has 0 aromatic carbocycles. The minimum absolute atomic E-state index is 0.0865. The van der Waals surface area contributed by atoms with Crippen molar-refractivity contribution in [3.05, 3.63) is 11.5 Å². The van der Waals surface area contributed by atoms with Gasteiger partial charge in [0.2, 0.25) is 0 Å². The number of anilines is 1. The van der Waals surface area contributed by atoms with Gasteiger partial charge in [0.25, 0.3) is 0 Å². The molecule has 0 spiro atoms. The predicted octanol–water partition coefficient (Wildman–Crippen LogP) is 1.59. The smallest absolute Gasteiger partial charge is 0.198 e. The molecule has 1 atom stereocenters. The zero-order chi connectivity index (χ0) is 11.3. The van der Waals surface area contributed by atoms with E-state index in [1.807, 2.05) is 6.92 Å². The molecule has 0 saturated heterocycles. The van der Waals surface area contributed by atoms with Crippen molar-refractivity contribution < 1.29 is 9.47 Å². The molecule has 15 heavy (non-hydrogen) atoms. The average Bonchev–Trinajstić information content (AvgIpc) is 2.25. The van der Waals surface area contributed by atoms with Crippen LogP contribution in [0.4, 0.5) is 5.82 Å². The van der Waals surface area contributed by atoms with Crippen LogP contribution in [0, 0.1) is 0 Å². The molecule has 0 radical (unpaired) electrons. The van der Waals surface area contributed by atoms with E-state index in [9.17, 15) is 0 Å². The number of hydrogen-bond donors (Lipinski definition) is 1. The number of nitrogens with zero attached hydrogens (tertiary/aromatic N) is 2. The lowest BCUT2D eigenvalue weighted by molar-refractivity contribution is 0.128. The normalized spacial score (nSPS) is 12.3. The van der Waals surface area contributed by atoms with Crippen molar-refractivity contribution in [1.29, 1.82) is 0 Å². The maximum Gasteiger partial charge on any atom is 0.198 e. The maximum absolute atomic E-state index is 5.83. The lowest BCUT2D eigenvalue weighted by Crippen LogP contribution is -2.19. The molecule has 0 aliphatic heterocycles. The van der Waals surface area contributed by atoms with Crippen LogP contribution in [0.1, 0.15) is 6.92 Å². The average molecular weight is 232 g/mol. The van der Waals surface area contributed by atoms with Crippen LogP contribution in [-0.4, -0.2) is 36.8 Å². The first-order chi connectivity index (χ1) is 7.19. The highest BCUT2D eigenvalue weighted by molar-refractivity contribution is 6.31. The molecule has 84 valence electrons. The number of rotatable bonds is 5. The van der Waals surface area contributed by atoms with E-state index >= 15 is 0 Å². The lowest BCUT2D eigenvalue weighted by atomic mass is 10.4. The number of methoxy groups -OCH3 is 2. The Hall–Kier alpha value is -1.07. The van der Waals surface area contributed by atoms with E-state index in [2.05, 4.69) is 15.3 Å². The fourth-order valence-electron chi connectivity index (χ4n) is 0.983. The monoisotopic (exact) mass is 231 g/mol. The molecule has 1 aromatic rings. The first-order valence-electron chi connectivity index (χ1n) is 4.50. The molecule has 0 aliphatic rings. The third-order valence-corrected chi connectivity index (χ3v) is 2.19. The summed E-state index contributed by atoms with van der Waals surface area (Å²) in [7, 11) is 3.17. The third-order valence-electron chi connectivity index (χ3n) is 1.92. The van der Waals surface area contributed by atoms with E-state index in [4.69, 9.17) is 21.1 Å². The van der Waals surface area contributed by atoms with Crippen LogP contribution in [0.25, 0.3) is 0 Å². The molecule has 6 heteroatoms. The first-order valence-corrected chi connectivity index (χ1v) is 4.88. The molecule has 1 heterocycles. The minimum Gasteiger partial charge on any atom is -0.490 e. The lowest BCUT2D eigenvalue weighted by Gasteiger charge is -2.13. The van der Waals surface area contributed by atoms with Crippen molar-refractivity contribution in [2.24, 2.45) is 0 Å². The van der Waals surface area contributed by atoms with Crippen LogP contribution in [0.2, 0.25) is 5.15 Å². The summed E-state index contributed by atoms with van der Waals surface area (Å²) in [6.07, 6.45) is 1.47. The standard InChI is InChI=1S/C9H14ClN3O2/c1-6(14-2)4-11-9-7(15-3)8(10)12-5-13-9/h5-6H,4H2,1-3H3,(H,11,12,13). The van der Waals surface area contributed by atoms with Gasteiger partial charge in [-0.15, -0.1) is 0 Å². The van der Waals surface area contributed by atoms with Crippen molar-refractivity contribution in [1.82, 2.24) is 9.97 Å². The Morgan fingerprint density at radius 1 is 1.47 bits per heavy atom. The second-order valence-corrected chi connectivity index (χ2v) is 3.33. The molecule has 1 N–H and O–H groups in total. The summed E-state index contributed by atoms with van der Waals surface area (Å²) in [5.74, 6) is 1.02. The van der Waals surface area contributed by atoms with Gasteiger partial charge in [-0.25, -0.2) is 9.97 Å². The highest BCUT2D eigenvalue weighted by atomic mass is 35.5. The maximum atomic E-state index is 5.83. The number of nitrogens with one attached hydrogen (secondary N) is 1. The summed E-state index contributed by atoms with van der Waals surface area (Å²) in [6.45, 7) is 2.57. The van der Waals surface area contributed by atoms with Crippen LogP contribution in [0.15, 0.2) is 6.33 Å². The Bertz CT molecular complexity index is 322. The Labute approximate surface area is 93.8 Å². The third kappa shape index (κ3) is 3.21. The molecule has 0 bridgehead atoms. The molecule has 0 saturated carbocycles. The van der Waals surface area contributed by atoms with Crippen LogP contribution in [-0.2, 0) is 4.74 Å². The van der Waals surface area contributed by atoms with E-state index in [-0.39, 0.29) is 6.10 Å². The van der Waals surface area contributed by atoms with Gasteiger partial charge in [0, 0.05) is 13.7 Å². The van der Waals surface area contributed by atoms with Crippen molar-refractivity contribution in [2.45, 2.75) is 13.0 Å². The van der Waals surface area contributed by atoms with Gasteiger partial charge >= 0.3 is 0 Å². The molecule has 0 amide bonds. The molecule has 0 aliphatic carbocycles. The molecule has 1 rings (SSSR count). The first kappa shape index (κ1) is 12.0. The van der Waals surface area contributed by atoms with E-state index in [0.29, 0.717) is 23.3 Å². The van der Waals surface area contributed by atoms with Gasteiger partial charge in [0.1, 0.15) is 6.33 Å². The Morgan fingerprint density at radius 3 is 2.80 bits per heavy atom. The largest absolute Gasteiger partial charge is 0.490 e. The van der Waals surface area contributed by atoms with E-state index in [0.717, 1.165) is 0 Å². The van der Waals surface area contributed by atoms with Gasteiger partial charge in [-0.3, -0.25) is 0 Å². The summed E-state index contributed by atoms with van der Waals surface area (Å²) in [4.78, 5) is 7.85. The van der Waals surface area contributed by atoms with Gasteiger partial charge < -0.3 is 14.8 Å². The molecule has 0 fully saturated rings. The van der Waals surface area contributed by atoms with Crippen LogP contribution >= 0.6 is 11.6 Å². The quantitative estimate of drug-likeness (QED) is 0.780. The van der Waals surface area contributed by atoms with Crippen LogP contribution < -0.4 is 10.1 Å². The number of ether oxygens (including phenoxy) is 2. The highest BCUT2D eigenvalue weighted by Gasteiger charge is 2.10. The van der Waals surface area contributed by atoms with Gasteiger partial charge in [-0.05, 0) is 6.92 Å². The number of aromatic nitrogens is 2. The van der Waals surface area contributed by atoms with Gasteiger partial charge in [-0.1, -0.05) is 11.6 Å². The molecule has 5 nitrogen and oxygen atoms in total. The second-order valence-electron chi connectivity index (χ2n) is 2.97. The summed E-state index contributed by atoms with van der Waals surface area (Å²) < 4.78 is 10.2. The Balaban J connectivity index is 2.72. The van der Waals surface area contributed by atoms with Crippen molar-refractivity contribution in [3.8, 4) is 5.75 Å². The summed E-state index contributed by atoms with van der Waals surface area (Å²) in [5, 5.41) is 3.36. The fourth-order valence-corrected chi connectivity index (χ4v) is 1.19. The number of hydrogen-bond acceptors (Lipinski definition) is 5. The summed E-state index contributed by atoms with van der Waals surface area (Å²) >= 11 is 5.83. The van der Waals surface area contributed by atoms with Gasteiger partial charge in [0.15, 0.2) is 16.7 Å². The Morgan fingerprint density at radius 2 is 2.20 bits per heavy atom. The topological polar surface area (TPSA) is 56.3 Å². The van der Waals surface area contributed by atoms with Gasteiger partial charge in [0.05, 0.1) is 13.2 Å². The molecular formula is C9H14ClN3O2. The number of halogens is 1. The van der Waals surface area contributed by atoms with E-state index in [1.54, 1.807) is 7.11 Å². The predicted molar refractivity (Wildman–Crippen MR) is 58.6 cm³/mol. The Kier molecular flexibility index (Phi) is 4.58. The van der Waals surface area contributed by atoms with Crippen LogP contribution in [0.3, 0.4) is 0 Å². The molecule has 1 aromatic heterocycles. The summed E-state index contributed by atoms with van der Waals surface area (Å²) in [6, 6.07) is 0. The SMILES string of the molecule is COc1c(Cl)ncnc1NCC(C)OC. The molecule has 1 unspecified atom stereocenters. The van der Waals surface area contributed by atoms with E-state index < -0.39 is 0 Å². The zero-order valence-electron chi connectivity index (χ0n) is 8.95. The van der Waals surface area contributed by atoms with Crippen molar-refractivity contribution >= 4 is 17.4 Å². The molecular weight excluding hydrogens is 218 g/mol. The van der Waals surface area contributed by atoms with Crippen molar-refractivity contribution in [2.75, 3.05) is 26.1 Å². The van der Waals surface area contributed by atoms with Crippen molar-refractivity contribution in [3.63, 3.8) is 0 Å². The minimum atomic E-state index is 0.0865. The second kappa shape index (κ2) is 5.72. The van der Waals surface area contributed by atoms with Gasteiger partial charge in [-0.2, -0.15) is 0 Å². The van der Waals surface area contributed by atoms with E-state index in [1.165, 1.54) is 13.4 Å². The fraction of sp³-hybridized carbons (Fsp3) is 0.556. The van der Waals surface area contributed by atoms with Crippen LogP contribution in [0.5, 0.6) is 5.75 Å². The zero-order valence-corrected chi connectivity index (χ0v) is 9.71. The highest BCUT2D eigenvalue weighted by Crippen LogP contribution is 2.28. The summed E-state index contributed by atoms with van der Waals surface area (Å²) in [5.41, 5.74) is 0.